The fourth-order valence-corrected chi connectivity index (χ4v) is 2.80. The van der Waals surface area contributed by atoms with Crippen molar-refractivity contribution in [3.8, 4) is 5.88 Å². The Bertz CT molecular complexity index is 907. The molecule has 0 N–H and O–H groups in total. The lowest BCUT2D eigenvalue weighted by Gasteiger charge is -2.26. The number of anilines is 1. The number of rotatable bonds is 4. The molecule has 1 amide bonds. The highest BCUT2D eigenvalue weighted by molar-refractivity contribution is 6.05. The molecule has 25 heavy (non-hydrogen) atoms. The summed E-state index contributed by atoms with van der Waals surface area (Å²) in [6, 6.07) is 12.9. The third kappa shape index (κ3) is 3.08. The van der Waals surface area contributed by atoms with Crippen molar-refractivity contribution in [2.24, 2.45) is 0 Å². The Morgan fingerprint density at radius 3 is 2.88 bits per heavy atom. The van der Waals surface area contributed by atoms with Crippen LogP contribution in [0.4, 0.5) is 5.82 Å². The van der Waals surface area contributed by atoms with E-state index in [2.05, 4.69) is 15.1 Å². The van der Waals surface area contributed by atoms with Crippen molar-refractivity contribution in [2.75, 3.05) is 11.4 Å². The molecule has 0 aromatic carbocycles. The van der Waals surface area contributed by atoms with Crippen LogP contribution in [0.25, 0.3) is 0 Å². The highest BCUT2D eigenvalue weighted by Crippen LogP contribution is 2.20. The zero-order valence-corrected chi connectivity index (χ0v) is 13.8. The topological polar surface area (TPSA) is 73.1 Å². The van der Waals surface area contributed by atoms with E-state index in [0.29, 0.717) is 36.2 Å². The second-order valence-electron chi connectivity index (χ2n) is 5.79. The summed E-state index contributed by atoms with van der Waals surface area (Å²) in [6.45, 7) is 3.35. The number of amides is 1. The van der Waals surface area contributed by atoms with Crippen LogP contribution in [0, 0.1) is 6.92 Å². The van der Waals surface area contributed by atoms with Gasteiger partial charge < -0.3 is 4.74 Å². The third-order valence-corrected chi connectivity index (χ3v) is 3.99. The van der Waals surface area contributed by atoms with Gasteiger partial charge in [0.25, 0.3) is 5.91 Å². The number of pyridine rings is 2. The Morgan fingerprint density at radius 2 is 2.08 bits per heavy atom. The molecule has 7 heteroatoms. The number of fused-ring (bicyclic) bond motifs is 1. The van der Waals surface area contributed by atoms with Gasteiger partial charge in [-0.1, -0.05) is 12.1 Å². The quantitative estimate of drug-likeness (QED) is 0.731. The number of aryl methyl sites for hydroxylation is 1. The monoisotopic (exact) mass is 335 g/mol. The molecule has 0 saturated heterocycles. The van der Waals surface area contributed by atoms with Crippen LogP contribution in [-0.2, 0) is 13.2 Å². The van der Waals surface area contributed by atoms with Gasteiger partial charge >= 0.3 is 0 Å². The maximum absolute atomic E-state index is 12.8. The number of ether oxygens (including phenoxy) is 1. The molecule has 3 aromatic rings. The summed E-state index contributed by atoms with van der Waals surface area (Å²) in [5.74, 6) is 1.11. The molecule has 0 fully saturated rings. The summed E-state index contributed by atoms with van der Waals surface area (Å²) in [5, 5.41) is 4.46. The number of nitrogens with zero attached hydrogens (tertiary/aromatic N) is 5. The normalized spacial score (nSPS) is 13.6. The maximum atomic E-state index is 12.8. The van der Waals surface area contributed by atoms with Crippen molar-refractivity contribution in [3.63, 3.8) is 0 Å². The molecule has 0 saturated carbocycles. The molecule has 7 nitrogen and oxygen atoms in total. The fourth-order valence-electron chi connectivity index (χ4n) is 2.80. The standard InChI is InChI=1S/C18H17N5O2/c1-13-5-4-6-16(20-13)22-9-10-23-15(18(22)24)11-14(21-23)12-25-17-7-2-3-8-19-17/h2-8,11H,9-10,12H2,1H3. The van der Waals surface area contributed by atoms with Gasteiger partial charge in [0.1, 0.15) is 23.8 Å². The lowest BCUT2D eigenvalue weighted by Crippen LogP contribution is -2.41. The Morgan fingerprint density at radius 1 is 1.16 bits per heavy atom. The van der Waals surface area contributed by atoms with Crippen LogP contribution in [0.3, 0.4) is 0 Å². The highest BCUT2D eigenvalue weighted by Gasteiger charge is 2.28. The molecule has 0 radical (unpaired) electrons. The van der Waals surface area contributed by atoms with E-state index in [9.17, 15) is 4.79 Å². The molecule has 0 unspecified atom stereocenters. The van der Waals surface area contributed by atoms with Gasteiger partial charge in [-0.15, -0.1) is 0 Å². The van der Waals surface area contributed by atoms with Gasteiger partial charge in [-0.25, -0.2) is 9.97 Å². The first kappa shape index (κ1) is 15.3. The van der Waals surface area contributed by atoms with Gasteiger partial charge in [-0.2, -0.15) is 5.10 Å². The Balaban J connectivity index is 1.53. The van der Waals surface area contributed by atoms with Gasteiger partial charge in [0.05, 0.1) is 6.54 Å². The zero-order valence-electron chi connectivity index (χ0n) is 13.8. The van der Waals surface area contributed by atoms with Gasteiger partial charge in [-0.05, 0) is 31.2 Å². The van der Waals surface area contributed by atoms with Crippen molar-refractivity contribution < 1.29 is 9.53 Å². The van der Waals surface area contributed by atoms with Crippen molar-refractivity contribution in [1.82, 2.24) is 19.7 Å². The fraction of sp³-hybridized carbons (Fsp3) is 0.222. The summed E-state index contributed by atoms with van der Waals surface area (Å²) in [6.07, 6.45) is 1.67. The molecule has 4 heterocycles. The average molecular weight is 335 g/mol. The number of carbonyl (C=O) groups is 1. The molecule has 1 aliphatic rings. The molecular weight excluding hydrogens is 318 g/mol. The van der Waals surface area contributed by atoms with Crippen molar-refractivity contribution in [2.45, 2.75) is 20.1 Å². The number of hydrogen-bond donors (Lipinski definition) is 0. The minimum atomic E-state index is -0.0964. The second-order valence-corrected chi connectivity index (χ2v) is 5.79. The molecular formula is C18H17N5O2. The first-order valence-corrected chi connectivity index (χ1v) is 8.07. The SMILES string of the molecule is Cc1cccc(N2CCn3nc(COc4ccccn4)cc3C2=O)n1. The van der Waals surface area contributed by atoms with E-state index in [4.69, 9.17) is 4.74 Å². The van der Waals surface area contributed by atoms with Gasteiger partial charge in [0.2, 0.25) is 5.88 Å². The van der Waals surface area contributed by atoms with Crippen LogP contribution in [0.1, 0.15) is 21.9 Å². The molecule has 1 aliphatic heterocycles. The molecule has 0 spiro atoms. The smallest absolute Gasteiger partial charge is 0.277 e. The Hall–Kier alpha value is -3.22. The van der Waals surface area contributed by atoms with E-state index in [0.717, 1.165) is 5.69 Å². The Labute approximate surface area is 144 Å². The summed E-state index contributed by atoms with van der Waals surface area (Å²) in [4.78, 5) is 23.0. The predicted octanol–water partition coefficient (Wildman–Crippen LogP) is 2.22. The zero-order chi connectivity index (χ0) is 17.2. The van der Waals surface area contributed by atoms with Gasteiger partial charge in [-0.3, -0.25) is 14.4 Å². The molecule has 0 aliphatic carbocycles. The van der Waals surface area contributed by atoms with Crippen LogP contribution in [0.2, 0.25) is 0 Å². The lowest BCUT2D eigenvalue weighted by molar-refractivity contribution is 0.0961. The second kappa shape index (κ2) is 6.35. The number of carbonyl (C=O) groups excluding carboxylic acids is 1. The maximum Gasteiger partial charge on any atom is 0.277 e. The van der Waals surface area contributed by atoms with Gasteiger partial charge in [0, 0.05) is 24.5 Å². The van der Waals surface area contributed by atoms with Crippen molar-refractivity contribution >= 4 is 11.7 Å². The summed E-state index contributed by atoms with van der Waals surface area (Å²) in [5.41, 5.74) is 2.14. The van der Waals surface area contributed by atoms with Crippen molar-refractivity contribution in [1.29, 1.82) is 0 Å². The van der Waals surface area contributed by atoms with Crippen LogP contribution in [0.15, 0.2) is 48.7 Å². The minimum absolute atomic E-state index is 0.0964. The van der Waals surface area contributed by atoms with E-state index in [1.54, 1.807) is 27.9 Å². The van der Waals surface area contributed by atoms with E-state index >= 15 is 0 Å². The summed E-state index contributed by atoms with van der Waals surface area (Å²) >= 11 is 0. The average Bonchev–Trinajstić information content (AvgIpc) is 3.05. The Kier molecular flexibility index (Phi) is 3.89. The van der Waals surface area contributed by atoms with Crippen LogP contribution >= 0.6 is 0 Å². The first-order valence-electron chi connectivity index (χ1n) is 8.07. The molecule has 0 atom stereocenters. The van der Waals surface area contributed by atoms with E-state index < -0.39 is 0 Å². The van der Waals surface area contributed by atoms with E-state index in [1.165, 1.54) is 0 Å². The summed E-state index contributed by atoms with van der Waals surface area (Å²) < 4.78 is 7.34. The van der Waals surface area contributed by atoms with Crippen molar-refractivity contribution in [3.05, 3.63) is 65.7 Å². The lowest BCUT2D eigenvalue weighted by atomic mass is 10.2. The third-order valence-electron chi connectivity index (χ3n) is 3.99. The molecule has 4 rings (SSSR count). The molecule has 126 valence electrons. The highest BCUT2D eigenvalue weighted by atomic mass is 16.5. The van der Waals surface area contributed by atoms with Gasteiger partial charge in [0.15, 0.2) is 0 Å². The predicted molar refractivity (Wildman–Crippen MR) is 91.4 cm³/mol. The number of aromatic nitrogens is 4. The number of hydrogen-bond acceptors (Lipinski definition) is 5. The molecule has 0 bridgehead atoms. The summed E-state index contributed by atoms with van der Waals surface area (Å²) in [7, 11) is 0. The van der Waals surface area contributed by atoms with E-state index in [-0.39, 0.29) is 12.5 Å². The van der Waals surface area contributed by atoms with E-state index in [1.807, 2.05) is 37.3 Å². The largest absolute Gasteiger partial charge is 0.471 e. The van der Waals surface area contributed by atoms with Crippen LogP contribution in [-0.4, -0.2) is 32.2 Å². The molecule has 3 aromatic heterocycles. The first-order chi connectivity index (χ1) is 12.2. The minimum Gasteiger partial charge on any atom is -0.471 e. The van der Waals surface area contributed by atoms with Crippen LogP contribution < -0.4 is 9.64 Å². The van der Waals surface area contributed by atoms with Crippen LogP contribution in [0.5, 0.6) is 5.88 Å².